The van der Waals surface area contributed by atoms with Gasteiger partial charge in [0.25, 0.3) is 5.89 Å². The molecule has 0 unspecified atom stereocenters. The van der Waals surface area contributed by atoms with Crippen molar-refractivity contribution < 1.29 is 9.26 Å². The standard InChI is InChI=1S/C17H21N5O2/c1-3-4-15-19-16(24-20-15)12-5-6-14-13(11-12)18-17(21(14)2)22-7-9-23-10-8-22/h5-6,11H,3-4,7-10H2,1-2H3. The number of aromatic nitrogens is 4. The van der Waals surface area contributed by atoms with E-state index in [1.54, 1.807) is 0 Å². The average molecular weight is 327 g/mol. The van der Waals surface area contributed by atoms with Crippen LogP contribution in [0.5, 0.6) is 0 Å². The lowest BCUT2D eigenvalue weighted by molar-refractivity contribution is 0.122. The van der Waals surface area contributed by atoms with E-state index < -0.39 is 0 Å². The molecule has 1 aliphatic rings. The summed E-state index contributed by atoms with van der Waals surface area (Å²) in [4.78, 5) is 11.5. The minimum absolute atomic E-state index is 0.555. The summed E-state index contributed by atoms with van der Waals surface area (Å²) in [6, 6.07) is 6.09. The van der Waals surface area contributed by atoms with Crippen molar-refractivity contribution in [2.24, 2.45) is 7.05 Å². The third-order valence-electron chi connectivity index (χ3n) is 4.34. The molecule has 1 saturated heterocycles. The summed E-state index contributed by atoms with van der Waals surface area (Å²) in [5.41, 5.74) is 2.93. The number of hydrogen-bond donors (Lipinski definition) is 0. The Morgan fingerprint density at radius 2 is 2.00 bits per heavy atom. The van der Waals surface area contributed by atoms with Crippen LogP contribution in [0.25, 0.3) is 22.5 Å². The number of hydrogen-bond acceptors (Lipinski definition) is 6. The molecule has 126 valence electrons. The van der Waals surface area contributed by atoms with Crippen LogP contribution in [0.3, 0.4) is 0 Å². The maximum atomic E-state index is 5.43. The smallest absolute Gasteiger partial charge is 0.257 e. The second kappa shape index (κ2) is 6.24. The van der Waals surface area contributed by atoms with Crippen LogP contribution in [-0.2, 0) is 18.2 Å². The molecular formula is C17H21N5O2. The number of ether oxygens (including phenoxy) is 1. The number of aryl methyl sites for hydroxylation is 2. The molecule has 0 aliphatic carbocycles. The third-order valence-corrected chi connectivity index (χ3v) is 4.34. The number of benzene rings is 1. The van der Waals surface area contributed by atoms with Gasteiger partial charge < -0.3 is 18.7 Å². The lowest BCUT2D eigenvalue weighted by Crippen LogP contribution is -2.37. The van der Waals surface area contributed by atoms with Gasteiger partial charge in [-0.05, 0) is 24.6 Å². The van der Waals surface area contributed by atoms with Gasteiger partial charge in [0.2, 0.25) is 5.95 Å². The molecule has 7 nitrogen and oxygen atoms in total. The van der Waals surface area contributed by atoms with Crippen molar-refractivity contribution in [2.45, 2.75) is 19.8 Å². The van der Waals surface area contributed by atoms with Crippen molar-refractivity contribution in [2.75, 3.05) is 31.2 Å². The fraction of sp³-hybridized carbons (Fsp3) is 0.471. The Morgan fingerprint density at radius 1 is 1.17 bits per heavy atom. The largest absolute Gasteiger partial charge is 0.378 e. The molecule has 0 bridgehead atoms. The highest BCUT2D eigenvalue weighted by Crippen LogP contribution is 2.26. The molecule has 0 N–H and O–H groups in total. The fourth-order valence-corrected chi connectivity index (χ4v) is 3.06. The first kappa shape index (κ1) is 15.1. The van der Waals surface area contributed by atoms with E-state index in [0.29, 0.717) is 5.89 Å². The molecule has 0 atom stereocenters. The topological polar surface area (TPSA) is 69.2 Å². The fourth-order valence-electron chi connectivity index (χ4n) is 3.06. The number of imidazole rings is 1. The molecule has 3 heterocycles. The van der Waals surface area contributed by atoms with E-state index in [1.165, 1.54) is 0 Å². The third kappa shape index (κ3) is 2.65. The first-order valence-corrected chi connectivity index (χ1v) is 8.38. The SMILES string of the molecule is CCCc1noc(-c2ccc3c(c2)nc(N2CCOCC2)n3C)n1. The normalized spacial score (nSPS) is 15.3. The van der Waals surface area contributed by atoms with Gasteiger partial charge in [-0.15, -0.1) is 0 Å². The number of fused-ring (bicyclic) bond motifs is 1. The van der Waals surface area contributed by atoms with Gasteiger partial charge in [0.05, 0.1) is 24.2 Å². The number of rotatable bonds is 4. The molecule has 4 rings (SSSR count). The van der Waals surface area contributed by atoms with Gasteiger partial charge in [0.15, 0.2) is 5.82 Å². The van der Waals surface area contributed by atoms with E-state index in [2.05, 4.69) is 32.6 Å². The number of anilines is 1. The predicted molar refractivity (Wildman–Crippen MR) is 91.0 cm³/mol. The van der Waals surface area contributed by atoms with E-state index in [9.17, 15) is 0 Å². The second-order valence-corrected chi connectivity index (χ2v) is 6.04. The predicted octanol–water partition coefficient (Wildman–Crippen LogP) is 2.41. The molecule has 0 saturated carbocycles. The Hall–Kier alpha value is -2.41. The van der Waals surface area contributed by atoms with E-state index in [4.69, 9.17) is 14.2 Å². The Kier molecular flexibility index (Phi) is 3.93. The molecule has 7 heteroatoms. The van der Waals surface area contributed by atoms with E-state index in [1.807, 2.05) is 19.2 Å². The molecule has 1 aliphatic heterocycles. The maximum Gasteiger partial charge on any atom is 0.257 e. The van der Waals surface area contributed by atoms with Crippen molar-refractivity contribution in [3.05, 3.63) is 24.0 Å². The molecule has 0 amide bonds. The zero-order valence-electron chi connectivity index (χ0n) is 14.0. The van der Waals surface area contributed by atoms with Crippen molar-refractivity contribution in [1.29, 1.82) is 0 Å². The summed E-state index contributed by atoms with van der Waals surface area (Å²) >= 11 is 0. The Bertz CT molecular complexity index is 848. The molecule has 2 aromatic heterocycles. The lowest BCUT2D eigenvalue weighted by Gasteiger charge is -2.27. The quantitative estimate of drug-likeness (QED) is 0.733. The van der Waals surface area contributed by atoms with Crippen LogP contribution in [0, 0.1) is 0 Å². The van der Waals surface area contributed by atoms with E-state index >= 15 is 0 Å². The van der Waals surface area contributed by atoms with Gasteiger partial charge in [-0.1, -0.05) is 12.1 Å². The summed E-state index contributed by atoms with van der Waals surface area (Å²) in [5.74, 6) is 2.28. The summed E-state index contributed by atoms with van der Waals surface area (Å²) in [5, 5.41) is 4.02. The van der Waals surface area contributed by atoms with Gasteiger partial charge in [0.1, 0.15) is 0 Å². The second-order valence-electron chi connectivity index (χ2n) is 6.04. The Balaban J connectivity index is 1.69. The van der Waals surface area contributed by atoms with Crippen LogP contribution in [0.4, 0.5) is 5.95 Å². The lowest BCUT2D eigenvalue weighted by atomic mass is 10.2. The van der Waals surface area contributed by atoms with Crippen molar-refractivity contribution >= 4 is 17.0 Å². The van der Waals surface area contributed by atoms with Crippen LogP contribution in [0.15, 0.2) is 22.7 Å². The molecule has 0 radical (unpaired) electrons. The summed E-state index contributed by atoms with van der Waals surface area (Å²) in [6.07, 6.45) is 1.83. The highest BCUT2D eigenvalue weighted by Gasteiger charge is 2.18. The average Bonchev–Trinajstić information content (AvgIpc) is 3.21. The van der Waals surface area contributed by atoms with Crippen molar-refractivity contribution in [3.8, 4) is 11.5 Å². The Morgan fingerprint density at radius 3 is 2.79 bits per heavy atom. The monoisotopic (exact) mass is 327 g/mol. The first-order valence-electron chi connectivity index (χ1n) is 8.38. The Labute approximate surface area is 140 Å². The van der Waals surface area contributed by atoms with Gasteiger partial charge >= 0.3 is 0 Å². The van der Waals surface area contributed by atoms with Crippen LogP contribution in [-0.4, -0.2) is 46.0 Å². The molecule has 24 heavy (non-hydrogen) atoms. The minimum Gasteiger partial charge on any atom is -0.378 e. The maximum absolute atomic E-state index is 5.43. The highest BCUT2D eigenvalue weighted by molar-refractivity contribution is 5.83. The minimum atomic E-state index is 0.555. The number of morpholine rings is 1. The van der Waals surface area contributed by atoms with Crippen LogP contribution in [0.1, 0.15) is 19.2 Å². The van der Waals surface area contributed by atoms with Crippen molar-refractivity contribution in [1.82, 2.24) is 19.7 Å². The van der Waals surface area contributed by atoms with Crippen LogP contribution >= 0.6 is 0 Å². The van der Waals surface area contributed by atoms with Crippen LogP contribution in [0.2, 0.25) is 0 Å². The molecule has 1 aromatic carbocycles. The highest BCUT2D eigenvalue weighted by atomic mass is 16.5. The van der Waals surface area contributed by atoms with Gasteiger partial charge in [-0.2, -0.15) is 4.98 Å². The van der Waals surface area contributed by atoms with Gasteiger partial charge in [0, 0.05) is 32.1 Å². The van der Waals surface area contributed by atoms with Crippen molar-refractivity contribution in [3.63, 3.8) is 0 Å². The van der Waals surface area contributed by atoms with Gasteiger partial charge in [-0.3, -0.25) is 0 Å². The molecule has 0 spiro atoms. The molecule has 3 aromatic rings. The number of nitrogens with zero attached hydrogens (tertiary/aromatic N) is 5. The first-order chi connectivity index (χ1) is 11.8. The van der Waals surface area contributed by atoms with Gasteiger partial charge in [-0.25, -0.2) is 4.98 Å². The molecular weight excluding hydrogens is 306 g/mol. The molecule has 1 fully saturated rings. The van der Waals surface area contributed by atoms with E-state index in [-0.39, 0.29) is 0 Å². The summed E-state index contributed by atoms with van der Waals surface area (Å²) in [7, 11) is 2.05. The zero-order valence-corrected chi connectivity index (χ0v) is 14.0. The summed E-state index contributed by atoms with van der Waals surface area (Å²) in [6.45, 7) is 5.33. The van der Waals surface area contributed by atoms with E-state index in [0.717, 1.165) is 67.5 Å². The zero-order chi connectivity index (χ0) is 16.5. The van der Waals surface area contributed by atoms with Crippen LogP contribution < -0.4 is 4.90 Å². The summed E-state index contributed by atoms with van der Waals surface area (Å²) < 4.78 is 12.9.